The van der Waals surface area contributed by atoms with Gasteiger partial charge < -0.3 is 26.2 Å². The molecule has 0 aliphatic carbocycles. The second kappa shape index (κ2) is 23.8. The predicted octanol–water partition coefficient (Wildman–Crippen LogP) is 4.94. The molecule has 0 saturated heterocycles. The van der Waals surface area contributed by atoms with Gasteiger partial charge in [-0.05, 0) is 24.1 Å². The van der Waals surface area contributed by atoms with Crippen molar-refractivity contribution in [2.24, 2.45) is 5.73 Å². The number of hydrogen-bond donors (Lipinski definition) is 4. The van der Waals surface area contributed by atoms with E-state index in [4.69, 9.17) is 34.0 Å². The Bertz CT molecular complexity index is 669. The lowest BCUT2D eigenvalue weighted by Crippen LogP contribution is -2.42. The molecule has 1 atom stereocenters. The normalized spacial score (nSPS) is 11.4. The highest BCUT2D eigenvalue weighted by molar-refractivity contribution is 6.18. The van der Waals surface area contributed by atoms with Crippen LogP contribution in [-0.2, 0) is 16.0 Å². The molecule has 0 heterocycles. The number of nitrogens with zero attached hydrogens (tertiary/aromatic N) is 1. The summed E-state index contributed by atoms with van der Waals surface area (Å²) in [7, 11) is 0. The highest BCUT2D eigenvalue weighted by Gasteiger charge is 2.20. The number of alkyl halides is 2. The van der Waals surface area contributed by atoms with Gasteiger partial charge in [0.15, 0.2) is 0 Å². The molecule has 0 bridgehead atoms. The third-order valence-corrected chi connectivity index (χ3v) is 6.06. The average molecular weight is 549 g/mol. The maximum absolute atomic E-state index is 12.2. The zero-order valence-electron chi connectivity index (χ0n) is 21.9. The largest absolute Gasteiger partial charge is 0.480 e. The van der Waals surface area contributed by atoms with E-state index in [1.807, 2.05) is 24.3 Å². The SMILES string of the molecule is CCCCCCCCCCCC(=O)N[C@@H](Cc1ccc(N(CCCl)CCCl)cc1)C(=O)O.NCCO. The van der Waals surface area contributed by atoms with E-state index in [0.717, 1.165) is 30.5 Å². The number of carboxylic acids is 1. The van der Waals surface area contributed by atoms with Crippen LogP contribution in [0.15, 0.2) is 24.3 Å². The molecular weight excluding hydrogens is 501 g/mol. The summed E-state index contributed by atoms with van der Waals surface area (Å²) in [6.45, 7) is 4.08. The predicted molar refractivity (Wildman–Crippen MR) is 151 cm³/mol. The number of carboxylic acid groups (broad SMARTS) is 1. The first-order valence-electron chi connectivity index (χ1n) is 13.2. The second-order valence-electron chi connectivity index (χ2n) is 8.78. The van der Waals surface area contributed by atoms with Crippen molar-refractivity contribution in [3.8, 4) is 0 Å². The fourth-order valence-electron chi connectivity index (χ4n) is 3.72. The summed E-state index contributed by atoms with van der Waals surface area (Å²) in [4.78, 5) is 26.0. The van der Waals surface area contributed by atoms with Gasteiger partial charge in [0.2, 0.25) is 5.91 Å². The number of aliphatic carboxylic acids is 1. The number of carbonyl (C=O) groups excluding carboxylic acids is 1. The minimum absolute atomic E-state index is 0.0972. The zero-order valence-corrected chi connectivity index (χ0v) is 23.4. The molecule has 0 radical (unpaired) electrons. The number of aliphatic hydroxyl groups excluding tert-OH is 1. The van der Waals surface area contributed by atoms with Gasteiger partial charge in [-0.2, -0.15) is 0 Å². The fourth-order valence-corrected chi connectivity index (χ4v) is 4.12. The van der Waals surface area contributed by atoms with E-state index in [1.165, 1.54) is 38.5 Å². The van der Waals surface area contributed by atoms with E-state index in [1.54, 1.807) is 0 Å². The third-order valence-electron chi connectivity index (χ3n) is 5.72. The standard InChI is InChI=1S/C25H40Cl2N2O3.C2H7NO/c1-2-3-4-5-6-7-8-9-10-11-24(30)28-23(25(31)32)20-21-12-14-22(15-13-21)29(18-16-26)19-17-27;3-1-2-4/h12-15,23H,2-11,16-20H2,1H3,(H,28,30)(H,31,32);4H,1-3H2/t23-;/m0./s1. The Morgan fingerprint density at radius 3 is 1.89 bits per heavy atom. The zero-order chi connectivity index (χ0) is 27.0. The van der Waals surface area contributed by atoms with Crippen LogP contribution < -0.4 is 16.0 Å². The molecule has 7 nitrogen and oxygen atoms in total. The van der Waals surface area contributed by atoms with E-state index in [0.29, 0.717) is 37.8 Å². The van der Waals surface area contributed by atoms with Gasteiger partial charge in [-0.15, -0.1) is 23.2 Å². The number of hydrogen-bond acceptors (Lipinski definition) is 5. The van der Waals surface area contributed by atoms with E-state index >= 15 is 0 Å². The molecule has 0 aliphatic heterocycles. The third kappa shape index (κ3) is 17.8. The average Bonchev–Trinajstić information content (AvgIpc) is 2.87. The van der Waals surface area contributed by atoms with Gasteiger partial charge in [0.05, 0.1) is 6.61 Å². The molecule has 0 unspecified atom stereocenters. The molecule has 0 saturated carbocycles. The molecule has 0 aliphatic rings. The minimum atomic E-state index is -1.01. The summed E-state index contributed by atoms with van der Waals surface area (Å²) in [5, 5.41) is 20.0. The quantitative estimate of drug-likeness (QED) is 0.136. The van der Waals surface area contributed by atoms with E-state index in [2.05, 4.69) is 17.1 Å². The summed E-state index contributed by atoms with van der Waals surface area (Å²) >= 11 is 11.7. The number of amides is 1. The summed E-state index contributed by atoms with van der Waals surface area (Å²) in [5.41, 5.74) is 6.64. The fraction of sp³-hybridized carbons (Fsp3) is 0.704. The van der Waals surface area contributed by atoms with Crippen LogP contribution in [0.5, 0.6) is 0 Å². The number of unbranched alkanes of at least 4 members (excludes halogenated alkanes) is 8. The Morgan fingerprint density at radius 1 is 0.944 bits per heavy atom. The van der Waals surface area contributed by atoms with Crippen LogP contribution in [0.25, 0.3) is 0 Å². The Kier molecular flexibility index (Phi) is 22.8. The lowest BCUT2D eigenvalue weighted by Gasteiger charge is -2.23. The highest BCUT2D eigenvalue weighted by Crippen LogP contribution is 2.17. The van der Waals surface area contributed by atoms with Crippen LogP contribution in [-0.4, -0.2) is 66.1 Å². The summed E-state index contributed by atoms with van der Waals surface area (Å²) in [5.74, 6) is -0.192. The number of benzene rings is 1. The van der Waals surface area contributed by atoms with Crippen molar-refractivity contribution in [1.82, 2.24) is 5.32 Å². The van der Waals surface area contributed by atoms with Crippen LogP contribution in [0.2, 0.25) is 0 Å². The van der Waals surface area contributed by atoms with Crippen molar-refractivity contribution in [2.45, 2.75) is 83.6 Å². The van der Waals surface area contributed by atoms with Crippen molar-refractivity contribution in [2.75, 3.05) is 42.9 Å². The van der Waals surface area contributed by atoms with Gasteiger partial charge in [0.1, 0.15) is 6.04 Å². The highest BCUT2D eigenvalue weighted by atomic mass is 35.5. The number of aliphatic hydroxyl groups is 1. The number of halogens is 2. The van der Waals surface area contributed by atoms with Crippen LogP contribution in [0, 0.1) is 0 Å². The van der Waals surface area contributed by atoms with Crippen molar-refractivity contribution >= 4 is 40.8 Å². The van der Waals surface area contributed by atoms with Crippen molar-refractivity contribution in [1.29, 1.82) is 0 Å². The van der Waals surface area contributed by atoms with Crippen LogP contribution >= 0.6 is 23.2 Å². The molecule has 208 valence electrons. The lowest BCUT2D eigenvalue weighted by atomic mass is 10.0. The molecule has 0 spiro atoms. The van der Waals surface area contributed by atoms with Crippen LogP contribution in [0.4, 0.5) is 5.69 Å². The first-order valence-corrected chi connectivity index (χ1v) is 14.3. The van der Waals surface area contributed by atoms with Gasteiger partial charge in [0.25, 0.3) is 0 Å². The first-order chi connectivity index (χ1) is 17.4. The smallest absolute Gasteiger partial charge is 0.326 e. The second-order valence-corrected chi connectivity index (χ2v) is 9.54. The lowest BCUT2D eigenvalue weighted by molar-refractivity contribution is -0.141. The van der Waals surface area contributed by atoms with Gasteiger partial charge in [-0.25, -0.2) is 4.79 Å². The molecule has 5 N–H and O–H groups in total. The molecule has 9 heteroatoms. The molecule has 0 aromatic heterocycles. The van der Waals surface area contributed by atoms with Crippen molar-refractivity contribution in [3.63, 3.8) is 0 Å². The molecule has 1 amide bonds. The van der Waals surface area contributed by atoms with E-state index < -0.39 is 12.0 Å². The topological polar surface area (TPSA) is 116 Å². The molecule has 1 aromatic carbocycles. The number of nitrogens with two attached hydrogens (primary N) is 1. The molecule has 1 rings (SSSR count). The van der Waals surface area contributed by atoms with E-state index in [-0.39, 0.29) is 18.9 Å². The van der Waals surface area contributed by atoms with Crippen molar-refractivity contribution in [3.05, 3.63) is 29.8 Å². The Balaban J connectivity index is 0.00000283. The number of carbonyl (C=O) groups is 2. The summed E-state index contributed by atoms with van der Waals surface area (Å²) in [6.07, 6.45) is 11.3. The molecule has 1 aromatic rings. The first kappa shape index (κ1) is 34.5. The Labute approximate surface area is 227 Å². The maximum atomic E-state index is 12.2. The number of nitrogens with one attached hydrogen (secondary N) is 1. The summed E-state index contributed by atoms with van der Waals surface area (Å²) in [6, 6.07) is 6.75. The van der Waals surface area contributed by atoms with Gasteiger partial charge in [0, 0.05) is 49.9 Å². The molecular formula is C27H47Cl2N3O4. The Morgan fingerprint density at radius 2 is 1.44 bits per heavy atom. The molecule has 36 heavy (non-hydrogen) atoms. The van der Waals surface area contributed by atoms with Gasteiger partial charge in [-0.3, -0.25) is 4.79 Å². The number of rotatable bonds is 20. The monoisotopic (exact) mass is 547 g/mol. The number of anilines is 1. The van der Waals surface area contributed by atoms with Gasteiger partial charge >= 0.3 is 5.97 Å². The Hall–Kier alpha value is -1.54. The van der Waals surface area contributed by atoms with E-state index in [9.17, 15) is 14.7 Å². The summed E-state index contributed by atoms with van der Waals surface area (Å²) < 4.78 is 0. The van der Waals surface area contributed by atoms with Crippen LogP contribution in [0.3, 0.4) is 0 Å². The molecule has 0 fully saturated rings. The van der Waals surface area contributed by atoms with Crippen LogP contribution in [0.1, 0.15) is 76.7 Å². The maximum Gasteiger partial charge on any atom is 0.326 e. The minimum Gasteiger partial charge on any atom is -0.480 e. The van der Waals surface area contributed by atoms with Crippen molar-refractivity contribution < 1.29 is 19.8 Å². The van der Waals surface area contributed by atoms with Gasteiger partial charge in [-0.1, -0.05) is 70.4 Å².